The van der Waals surface area contributed by atoms with E-state index in [1.165, 1.54) is 0 Å². The van der Waals surface area contributed by atoms with E-state index in [9.17, 15) is 4.79 Å². The van der Waals surface area contributed by atoms with Crippen LogP contribution in [-0.4, -0.2) is 38.1 Å². The van der Waals surface area contributed by atoms with Crippen LogP contribution in [0, 0.1) is 0 Å². The summed E-state index contributed by atoms with van der Waals surface area (Å²) in [5, 5.41) is 14.5. The highest BCUT2D eigenvalue weighted by Gasteiger charge is 2.15. The number of hydrogen-bond donors (Lipinski definition) is 2. The Kier molecular flexibility index (Phi) is 5.32. The quantitative estimate of drug-likeness (QED) is 0.818. The maximum atomic E-state index is 12.1. The topological polar surface area (TPSA) is 76.8 Å². The van der Waals surface area contributed by atoms with Crippen molar-refractivity contribution in [2.45, 2.75) is 45.8 Å². The summed E-state index contributed by atoms with van der Waals surface area (Å²) in [5.41, 5.74) is 0. The highest BCUT2D eigenvalue weighted by atomic mass is 16.2. The van der Waals surface area contributed by atoms with Crippen molar-refractivity contribution >= 4 is 11.7 Å². The molecule has 0 aromatic carbocycles. The predicted molar refractivity (Wildman–Crippen MR) is 85.6 cm³/mol. The van der Waals surface area contributed by atoms with Gasteiger partial charge >= 0.3 is 0 Å². The molecular formula is C15H24N6O. The van der Waals surface area contributed by atoms with Crippen molar-refractivity contribution in [3.63, 3.8) is 0 Å². The summed E-state index contributed by atoms with van der Waals surface area (Å²) in [5.74, 6) is 0.636. The van der Waals surface area contributed by atoms with E-state index in [2.05, 4.69) is 27.8 Å². The molecule has 0 aliphatic carbocycles. The van der Waals surface area contributed by atoms with Crippen LogP contribution in [-0.2, 0) is 4.79 Å². The first-order valence-electron chi connectivity index (χ1n) is 7.55. The van der Waals surface area contributed by atoms with Gasteiger partial charge in [-0.3, -0.25) is 9.48 Å². The first-order valence-corrected chi connectivity index (χ1v) is 7.55. The normalized spacial score (nSPS) is 14.0. The Morgan fingerprint density at radius 3 is 2.64 bits per heavy atom. The van der Waals surface area contributed by atoms with Gasteiger partial charge in [-0.25, -0.2) is 4.68 Å². The fourth-order valence-corrected chi connectivity index (χ4v) is 2.19. The van der Waals surface area contributed by atoms with Crippen molar-refractivity contribution in [1.82, 2.24) is 24.9 Å². The molecule has 2 aromatic heterocycles. The minimum atomic E-state index is -0.0816. The number of aromatic nitrogens is 4. The van der Waals surface area contributed by atoms with Crippen LogP contribution in [0.25, 0.3) is 0 Å². The van der Waals surface area contributed by atoms with E-state index in [0.717, 1.165) is 5.82 Å². The first-order chi connectivity index (χ1) is 10.5. The third-order valence-electron chi connectivity index (χ3n) is 3.68. The monoisotopic (exact) mass is 304 g/mol. The third-order valence-corrected chi connectivity index (χ3v) is 3.68. The number of nitrogens with one attached hydrogen (secondary N) is 2. The molecular weight excluding hydrogens is 280 g/mol. The van der Waals surface area contributed by atoms with Crippen LogP contribution < -0.4 is 10.6 Å². The zero-order valence-corrected chi connectivity index (χ0v) is 13.5. The highest BCUT2D eigenvalue weighted by Crippen LogP contribution is 2.13. The zero-order chi connectivity index (χ0) is 16.1. The predicted octanol–water partition coefficient (Wildman–Crippen LogP) is 1.84. The van der Waals surface area contributed by atoms with E-state index in [1.807, 2.05) is 37.7 Å². The molecule has 22 heavy (non-hydrogen) atoms. The molecule has 0 bridgehead atoms. The molecule has 7 nitrogen and oxygen atoms in total. The van der Waals surface area contributed by atoms with Crippen LogP contribution in [0.4, 0.5) is 5.82 Å². The molecule has 0 aliphatic rings. The van der Waals surface area contributed by atoms with Crippen molar-refractivity contribution < 1.29 is 4.79 Å². The van der Waals surface area contributed by atoms with Gasteiger partial charge in [-0.05, 0) is 33.8 Å². The Balaban J connectivity index is 1.83. The molecule has 120 valence electrons. The lowest BCUT2D eigenvalue weighted by Crippen LogP contribution is -2.39. The number of carbonyl (C=O) groups is 1. The van der Waals surface area contributed by atoms with Gasteiger partial charge in [0.1, 0.15) is 5.82 Å². The van der Waals surface area contributed by atoms with Gasteiger partial charge in [0, 0.05) is 30.5 Å². The van der Waals surface area contributed by atoms with E-state index < -0.39 is 0 Å². The third kappa shape index (κ3) is 3.94. The molecule has 0 saturated carbocycles. The maximum absolute atomic E-state index is 12.1. The van der Waals surface area contributed by atoms with Crippen LogP contribution >= 0.6 is 0 Å². The van der Waals surface area contributed by atoms with Crippen molar-refractivity contribution in [3.05, 3.63) is 30.7 Å². The van der Waals surface area contributed by atoms with E-state index in [4.69, 9.17) is 0 Å². The summed E-state index contributed by atoms with van der Waals surface area (Å²) in [4.78, 5) is 12.1. The molecule has 2 aromatic rings. The molecule has 2 N–H and O–H groups in total. The van der Waals surface area contributed by atoms with Crippen molar-refractivity contribution in [3.8, 4) is 0 Å². The second-order valence-corrected chi connectivity index (χ2v) is 5.70. The van der Waals surface area contributed by atoms with Crippen molar-refractivity contribution in [1.29, 1.82) is 0 Å². The van der Waals surface area contributed by atoms with Crippen LogP contribution in [0.1, 0.15) is 39.8 Å². The average molecular weight is 304 g/mol. The SMILES string of the molecule is CC(C)n1nccc1NC(=O)CN[C@H](C)[C@H](C)n1cccn1. The van der Waals surface area contributed by atoms with E-state index in [-0.39, 0.29) is 30.6 Å². The smallest absolute Gasteiger partial charge is 0.239 e. The highest BCUT2D eigenvalue weighted by molar-refractivity contribution is 5.91. The Morgan fingerprint density at radius 2 is 2.00 bits per heavy atom. The Morgan fingerprint density at radius 1 is 1.23 bits per heavy atom. The van der Waals surface area contributed by atoms with Crippen LogP contribution in [0.5, 0.6) is 0 Å². The summed E-state index contributed by atoms with van der Waals surface area (Å²) in [7, 11) is 0. The molecule has 7 heteroatoms. The van der Waals surface area contributed by atoms with Gasteiger partial charge in [0.2, 0.25) is 5.91 Å². The second kappa shape index (κ2) is 7.22. The van der Waals surface area contributed by atoms with Gasteiger partial charge in [-0.1, -0.05) is 0 Å². The van der Waals surface area contributed by atoms with Gasteiger partial charge in [0.05, 0.1) is 18.8 Å². The molecule has 0 spiro atoms. The molecule has 0 unspecified atom stereocenters. The number of anilines is 1. The summed E-state index contributed by atoms with van der Waals surface area (Å²) >= 11 is 0. The van der Waals surface area contributed by atoms with Crippen LogP contribution in [0.2, 0.25) is 0 Å². The number of rotatable bonds is 7. The largest absolute Gasteiger partial charge is 0.310 e. The van der Waals surface area contributed by atoms with Gasteiger partial charge in [0.15, 0.2) is 0 Å². The molecule has 2 atom stereocenters. The Labute approximate surface area is 130 Å². The molecule has 2 rings (SSSR count). The lowest BCUT2D eigenvalue weighted by Gasteiger charge is -2.21. The average Bonchev–Trinajstić information content (AvgIpc) is 3.14. The van der Waals surface area contributed by atoms with Gasteiger partial charge in [0.25, 0.3) is 0 Å². The molecule has 0 fully saturated rings. The minimum absolute atomic E-state index is 0.0816. The number of hydrogen-bond acceptors (Lipinski definition) is 4. The lowest BCUT2D eigenvalue weighted by atomic mass is 10.2. The Bertz CT molecular complexity index is 589. The summed E-state index contributed by atoms with van der Waals surface area (Å²) in [6, 6.07) is 4.19. The number of carbonyl (C=O) groups excluding carboxylic acids is 1. The first kappa shape index (κ1) is 16.2. The summed E-state index contributed by atoms with van der Waals surface area (Å²) < 4.78 is 3.66. The molecule has 0 aliphatic heterocycles. The van der Waals surface area contributed by atoms with E-state index >= 15 is 0 Å². The molecule has 0 radical (unpaired) electrons. The maximum Gasteiger partial charge on any atom is 0.239 e. The number of amides is 1. The van der Waals surface area contributed by atoms with E-state index in [1.54, 1.807) is 23.1 Å². The van der Waals surface area contributed by atoms with Crippen molar-refractivity contribution in [2.24, 2.45) is 0 Å². The number of nitrogens with zero attached hydrogens (tertiary/aromatic N) is 4. The second-order valence-electron chi connectivity index (χ2n) is 5.70. The van der Waals surface area contributed by atoms with Crippen LogP contribution in [0.15, 0.2) is 30.7 Å². The molecule has 2 heterocycles. The van der Waals surface area contributed by atoms with Crippen LogP contribution in [0.3, 0.4) is 0 Å². The fraction of sp³-hybridized carbons (Fsp3) is 0.533. The van der Waals surface area contributed by atoms with Gasteiger partial charge in [-0.2, -0.15) is 10.2 Å². The zero-order valence-electron chi connectivity index (χ0n) is 13.5. The van der Waals surface area contributed by atoms with Crippen molar-refractivity contribution in [2.75, 3.05) is 11.9 Å². The standard InChI is InChI=1S/C15H24N6O/c1-11(2)21-14(6-8-18-21)19-15(22)10-16-12(3)13(4)20-9-5-7-17-20/h5-9,11-13,16H,10H2,1-4H3,(H,19,22)/t12-,13+/m1/s1. The Hall–Kier alpha value is -2.15. The summed E-state index contributed by atoms with van der Waals surface area (Å²) in [6.45, 7) is 8.40. The van der Waals surface area contributed by atoms with E-state index in [0.29, 0.717) is 0 Å². The molecule has 0 saturated heterocycles. The van der Waals surface area contributed by atoms with Gasteiger partial charge < -0.3 is 10.6 Å². The molecule has 1 amide bonds. The summed E-state index contributed by atoms with van der Waals surface area (Å²) in [6.07, 6.45) is 5.36. The van der Waals surface area contributed by atoms with Gasteiger partial charge in [-0.15, -0.1) is 0 Å². The minimum Gasteiger partial charge on any atom is -0.310 e. The fourth-order valence-electron chi connectivity index (χ4n) is 2.19. The lowest BCUT2D eigenvalue weighted by molar-refractivity contribution is -0.115.